The highest BCUT2D eigenvalue weighted by Gasteiger charge is 2.34. The molecule has 5 heteroatoms. The summed E-state index contributed by atoms with van der Waals surface area (Å²) >= 11 is 0. The Balaban J connectivity index is 1.25. The maximum atomic E-state index is 11.0. The standard InChI is InChI=1S/C29H35NO4/c31-25(21-30-19-17-29(33,18-20-30)24-11-5-2-6-12-24)22-34-28-14-8-7-13-26(28)27(32)16-15-23-9-3-1-4-10-23/h1-14,25,27,31-33H,15-22H2. The number of likely N-dealkylation sites (tertiary alicyclic amines) is 1. The van der Waals surface area contributed by atoms with Crippen molar-refractivity contribution in [3.8, 4) is 5.75 Å². The Morgan fingerprint density at radius 1 is 0.824 bits per heavy atom. The predicted molar refractivity (Wildman–Crippen MR) is 134 cm³/mol. The van der Waals surface area contributed by atoms with E-state index in [1.54, 1.807) is 0 Å². The van der Waals surface area contributed by atoms with Gasteiger partial charge in [0.05, 0.1) is 11.7 Å². The first-order chi connectivity index (χ1) is 16.5. The van der Waals surface area contributed by atoms with Gasteiger partial charge >= 0.3 is 0 Å². The van der Waals surface area contributed by atoms with Gasteiger partial charge in [0.15, 0.2) is 0 Å². The summed E-state index contributed by atoms with van der Waals surface area (Å²) in [7, 11) is 0. The average Bonchev–Trinajstić information content (AvgIpc) is 2.89. The summed E-state index contributed by atoms with van der Waals surface area (Å²) in [5, 5.41) is 32.4. The van der Waals surface area contributed by atoms with Crippen LogP contribution in [0.3, 0.4) is 0 Å². The number of aryl methyl sites for hydroxylation is 1. The highest BCUT2D eigenvalue weighted by Crippen LogP contribution is 2.33. The zero-order valence-corrected chi connectivity index (χ0v) is 19.6. The number of aliphatic hydroxyl groups is 3. The molecule has 3 aromatic rings. The first kappa shape index (κ1) is 24.4. The molecule has 4 rings (SSSR count). The van der Waals surface area contributed by atoms with Crippen LogP contribution in [0.2, 0.25) is 0 Å². The van der Waals surface area contributed by atoms with E-state index in [0.29, 0.717) is 31.6 Å². The Labute approximate surface area is 202 Å². The Morgan fingerprint density at radius 3 is 2.15 bits per heavy atom. The third-order valence-corrected chi connectivity index (χ3v) is 6.72. The molecule has 1 saturated heterocycles. The molecule has 0 spiro atoms. The summed E-state index contributed by atoms with van der Waals surface area (Å²) in [4.78, 5) is 2.17. The van der Waals surface area contributed by atoms with Crippen LogP contribution < -0.4 is 4.74 Å². The van der Waals surface area contributed by atoms with Gasteiger partial charge in [-0.25, -0.2) is 0 Å². The Morgan fingerprint density at radius 2 is 1.44 bits per heavy atom. The number of benzene rings is 3. The predicted octanol–water partition coefficient (Wildman–Crippen LogP) is 4.08. The van der Waals surface area contributed by atoms with E-state index in [4.69, 9.17) is 4.74 Å². The molecule has 0 saturated carbocycles. The van der Waals surface area contributed by atoms with Crippen molar-refractivity contribution in [3.05, 3.63) is 102 Å². The number of hydrogen-bond donors (Lipinski definition) is 3. The second-order valence-electron chi connectivity index (χ2n) is 9.24. The van der Waals surface area contributed by atoms with E-state index in [-0.39, 0.29) is 6.61 Å². The van der Waals surface area contributed by atoms with Gasteiger partial charge in [-0.3, -0.25) is 0 Å². The van der Waals surface area contributed by atoms with Gasteiger partial charge in [-0.1, -0.05) is 78.9 Å². The minimum Gasteiger partial charge on any atom is -0.490 e. The largest absolute Gasteiger partial charge is 0.490 e. The van der Waals surface area contributed by atoms with E-state index >= 15 is 0 Å². The number of β-amino-alcohol motifs (C(OH)–C–C–N with tert-alkyl or cyclic N) is 1. The van der Waals surface area contributed by atoms with Gasteiger partial charge in [-0.05, 0) is 42.9 Å². The number of piperidine rings is 1. The Hall–Kier alpha value is -2.70. The van der Waals surface area contributed by atoms with Crippen molar-refractivity contribution in [1.29, 1.82) is 0 Å². The van der Waals surface area contributed by atoms with E-state index in [2.05, 4.69) is 17.0 Å². The van der Waals surface area contributed by atoms with E-state index in [0.717, 1.165) is 30.6 Å². The summed E-state index contributed by atoms with van der Waals surface area (Å²) in [6, 6.07) is 27.4. The van der Waals surface area contributed by atoms with E-state index in [1.165, 1.54) is 5.56 Å². The van der Waals surface area contributed by atoms with Crippen LogP contribution in [-0.2, 0) is 12.0 Å². The summed E-state index contributed by atoms with van der Waals surface area (Å²) in [6.45, 7) is 2.08. The van der Waals surface area contributed by atoms with Gasteiger partial charge in [0.2, 0.25) is 0 Å². The average molecular weight is 462 g/mol. The van der Waals surface area contributed by atoms with Crippen LogP contribution in [0.5, 0.6) is 5.75 Å². The van der Waals surface area contributed by atoms with Crippen LogP contribution in [0.1, 0.15) is 42.1 Å². The first-order valence-electron chi connectivity index (χ1n) is 12.2. The number of rotatable bonds is 10. The molecule has 1 fully saturated rings. The van der Waals surface area contributed by atoms with E-state index < -0.39 is 17.8 Å². The van der Waals surface area contributed by atoms with E-state index in [1.807, 2.05) is 72.8 Å². The van der Waals surface area contributed by atoms with Gasteiger partial charge in [0.1, 0.15) is 18.5 Å². The second-order valence-corrected chi connectivity index (χ2v) is 9.24. The van der Waals surface area contributed by atoms with Crippen molar-refractivity contribution in [3.63, 3.8) is 0 Å². The zero-order chi connectivity index (χ0) is 23.8. The summed E-state index contributed by atoms with van der Waals surface area (Å²) in [5.74, 6) is 0.610. The molecule has 180 valence electrons. The van der Waals surface area contributed by atoms with Crippen molar-refractivity contribution in [1.82, 2.24) is 4.90 Å². The number of ether oxygens (including phenoxy) is 1. The lowest BCUT2D eigenvalue weighted by Crippen LogP contribution is -2.46. The minimum atomic E-state index is -0.798. The van der Waals surface area contributed by atoms with Gasteiger partial charge in [-0.15, -0.1) is 0 Å². The molecule has 0 bridgehead atoms. The maximum absolute atomic E-state index is 11.0. The third-order valence-electron chi connectivity index (χ3n) is 6.72. The number of para-hydroxylation sites is 1. The van der Waals surface area contributed by atoms with Gasteiger partial charge in [-0.2, -0.15) is 0 Å². The van der Waals surface area contributed by atoms with Gasteiger partial charge < -0.3 is 25.0 Å². The zero-order valence-electron chi connectivity index (χ0n) is 19.6. The van der Waals surface area contributed by atoms with Crippen LogP contribution in [0.25, 0.3) is 0 Å². The van der Waals surface area contributed by atoms with E-state index in [9.17, 15) is 15.3 Å². The normalized spacial score (nSPS) is 17.7. The topological polar surface area (TPSA) is 73.2 Å². The molecule has 3 aromatic carbocycles. The van der Waals surface area contributed by atoms with Crippen LogP contribution >= 0.6 is 0 Å². The number of hydrogen-bond acceptors (Lipinski definition) is 5. The van der Waals surface area contributed by atoms with Gasteiger partial charge in [0, 0.05) is 25.2 Å². The Kier molecular flexibility index (Phi) is 8.35. The summed E-state index contributed by atoms with van der Waals surface area (Å²) in [6.07, 6.45) is 1.37. The Bertz CT molecular complexity index is 1000. The minimum absolute atomic E-state index is 0.155. The smallest absolute Gasteiger partial charge is 0.125 e. The molecule has 2 atom stereocenters. The maximum Gasteiger partial charge on any atom is 0.125 e. The quantitative estimate of drug-likeness (QED) is 0.424. The first-order valence-corrected chi connectivity index (χ1v) is 12.2. The summed E-state index contributed by atoms with van der Waals surface area (Å²) in [5.41, 5.74) is 2.10. The fourth-order valence-electron chi connectivity index (χ4n) is 4.67. The molecule has 5 nitrogen and oxygen atoms in total. The number of aliphatic hydroxyl groups excluding tert-OH is 2. The lowest BCUT2D eigenvalue weighted by atomic mass is 9.84. The molecular formula is C29H35NO4. The van der Waals surface area contributed by atoms with Crippen molar-refractivity contribution in [2.45, 2.75) is 43.5 Å². The molecule has 0 aromatic heterocycles. The van der Waals surface area contributed by atoms with Crippen molar-refractivity contribution in [2.75, 3.05) is 26.2 Å². The molecule has 1 heterocycles. The van der Waals surface area contributed by atoms with Crippen LogP contribution in [0, 0.1) is 0 Å². The SMILES string of the molecule is OC(COc1ccccc1C(O)CCc1ccccc1)CN1CCC(O)(c2ccccc2)CC1. The molecular weight excluding hydrogens is 426 g/mol. The highest BCUT2D eigenvalue weighted by atomic mass is 16.5. The third kappa shape index (κ3) is 6.45. The lowest BCUT2D eigenvalue weighted by Gasteiger charge is -2.39. The van der Waals surface area contributed by atoms with Crippen LogP contribution in [0.4, 0.5) is 0 Å². The fourth-order valence-corrected chi connectivity index (χ4v) is 4.67. The van der Waals surface area contributed by atoms with Crippen LogP contribution in [-0.4, -0.2) is 52.6 Å². The second kappa shape index (κ2) is 11.6. The van der Waals surface area contributed by atoms with Crippen molar-refractivity contribution in [2.24, 2.45) is 0 Å². The molecule has 0 aliphatic carbocycles. The van der Waals surface area contributed by atoms with Gasteiger partial charge in [0.25, 0.3) is 0 Å². The molecule has 0 radical (unpaired) electrons. The molecule has 3 N–H and O–H groups in total. The molecule has 1 aliphatic rings. The summed E-state index contributed by atoms with van der Waals surface area (Å²) < 4.78 is 5.94. The van der Waals surface area contributed by atoms with Crippen molar-refractivity contribution >= 4 is 0 Å². The highest BCUT2D eigenvalue weighted by molar-refractivity contribution is 5.35. The molecule has 34 heavy (non-hydrogen) atoms. The molecule has 1 aliphatic heterocycles. The fraction of sp³-hybridized carbons (Fsp3) is 0.379. The number of nitrogens with zero attached hydrogens (tertiary/aromatic N) is 1. The lowest BCUT2D eigenvalue weighted by molar-refractivity contribution is -0.0373. The monoisotopic (exact) mass is 461 g/mol. The van der Waals surface area contributed by atoms with Crippen LogP contribution in [0.15, 0.2) is 84.9 Å². The molecule has 0 amide bonds. The van der Waals surface area contributed by atoms with Crippen molar-refractivity contribution < 1.29 is 20.1 Å². The molecule has 2 unspecified atom stereocenters.